The third-order valence-electron chi connectivity index (χ3n) is 3.05. The molecule has 1 unspecified atom stereocenters. The van der Waals surface area contributed by atoms with E-state index in [-0.39, 0.29) is 0 Å². The van der Waals surface area contributed by atoms with Gasteiger partial charge in [-0.15, -0.1) is 34.4 Å². The third kappa shape index (κ3) is 2.85. The van der Waals surface area contributed by atoms with Crippen LogP contribution in [0, 0.1) is 0 Å². The quantitative estimate of drug-likeness (QED) is 0.798. The van der Waals surface area contributed by atoms with Gasteiger partial charge in [0.25, 0.3) is 0 Å². The lowest BCUT2D eigenvalue weighted by molar-refractivity contribution is 0.490. The Labute approximate surface area is 128 Å². The van der Waals surface area contributed by atoms with Gasteiger partial charge in [-0.05, 0) is 45.4 Å². The second-order valence-electron chi connectivity index (χ2n) is 4.49. The van der Waals surface area contributed by atoms with Crippen molar-refractivity contribution in [2.75, 3.05) is 0 Å². The van der Waals surface area contributed by atoms with Crippen molar-refractivity contribution in [3.63, 3.8) is 0 Å². The Hall–Kier alpha value is 0.190. The SMILES string of the molecule is C[C@H]1CC(NCc2cc(Br)cs2)c2ccsc2S1. The Morgan fingerprint density at radius 1 is 1.44 bits per heavy atom. The first kappa shape index (κ1) is 13.2. The molecule has 3 heterocycles. The molecule has 0 amide bonds. The largest absolute Gasteiger partial charge is 0.305 e. The first-order valence-corrected chi connectivity index (χ1v) is 9.36. The molecule has 1 aliphatic heterocycles. The highest BCUT2D eigenvalue weighted by atomic mass is 79.9. The summed E-state index contributed by atoms with van der Waals surface area (Å²) in [5.41, 5.74) is 1.50. The van der Waals surface area contributed by atoms with Crippen molar-refractivity contribution in [2.24, 2.45) is 0 Å². The predicted octanol–water partition coefficient (Wildman–Crippen LogP) is 5.29. The minimum Gasteiger partial charge on any atom is -0.305 e. The van der Waals surface area contributed by atoms with E-state index in [4.69, 9.17) is 0 Å². The number of nitrogens with one attached hydrogen (secondary N) is 1. The van der Waals surface area contributed by atoms with Gasteiger partial charge < -0.3 is 5.32 Å². The van der Waals surface area contributed by atoms with Gasteiger partial charge in [-0.1, -0.05) is 6.92 Å². The van der Waals surface area contributed by atoms with Crippen LogP contribution in [0.25, 0.3) is 0 Å². The fraction of sp³-hybridized carbons (Fsp3) is 0.385. The topological polar surface area (TPSA) is 12.0 Å². The number of thioether (sulfide) groups is 1. The van der Waals surface area contributed by atoms with Crippen LogP contribution in [0.5, 0.6) is 0 Å². The predicted molar refractivity (Wildman–Crippen MR) is 85.9 cm³/mol. The van der Waals surface area contributed by atoms with Gasteiger partial charge in [0, 0.05) is 32.6 Å². The first-order chi connectivity index (χ1) is 8.72. The lowest BCUT2D eigenvalue weighted by atomic mass is 10.0. The van der Waals surface area contributed by atoms with Crippen molar-refractivity contribution in [3.8, 4) is 0 Å². The second kappa shape index (κ2) is 5.67. The van der Waals surface area contributed by atoms with Crippen LogP contribution in [-0.4, -0.2) is 5.25 Å². The molecule has 0 bridgehead atoms. The molecule has 1 N–H and O–H groups in total. The van der Waals surface area contributed by atoms with Crippen molar-refractivity contribution in [3.05, 3.63) is 37.8 Å². The van der Waals surface area contributed by atoms with Gasteiger partial charge in [-0.2, -0.15) is 0 Å². The van der Waals surface area contributed by atoms with Gasteiger partial charge in [0.2, 0.25) is 0 Å². The zero-order valence-corrected chi connectivity index (χ0v) is 14.0. The van der Waals surface area contributed by atoms with Crippen molar-refractivity contribution >= 4 is 50.4 Å². The Kier molecular flexibility index (Phi) is 4.15. The van der Waals surface area contributed by atoms with Gasteiger partial charge in [0.15, 0.2) is 0 Å². The molecule has 2 atom stereocenters. The molecule has 0 saturated carbocycles. The molecule has 5 heteroatoms. The van der Waals surface area contributed by atoms with E-state index in [2.05, 4.69) is 51.1 Å². The molecule has 1 aliphatic rings. The molecule has 3 rings (SSSR count). The van der Waals surface area contributed by atoms with E-state index in [1.165, 1.54) is 25.5 Å². The summed E-state index contributed by atoms with van der Waals surface area (Å²) >= 11 is 9.22. The van der Waals surface area contributed by atoms with Gasteiger partial charge in [-0.25, -0.2) is 0 Å². The third-order valence-corrected chi connectivity index (χ3v) is 7.10. The number of fused-ring (bicyclic) bond motifs is 1. The summed E-state index contributed by atoms with van der Waals surface area (Å²) in [5.74, 6) is 0. The number of rotatable bonds is 3. The van der Waals surface area contributed by atoms with Gasteiger partial charge in [0.05, 0.1) is 4.21 Å². The Morgan fingerprint density at radius 3 is 3.11 bits per heavy atom. The highest BCUT2D eigenvalue weighted by Crippen LogP contribution is 2.43. The highest BCUT2D eigenvalue weighted by molar-refractivity contribution is 9.10. The maximum absolute atomic E-state index is 3.71. The Balaban J connectivity index is 1.70. The van der Waals surface area contributed by atoms with Crippen LogP contribution in [0.4, 0.5) is 0 Å². The molecule has 0 saturated heterocycles. The van der Waals surface area contributed by atoms with Crippen LogP contribution in [0.15, 0.2) is 31.6 Å². The molecule has 2 aromatic heterocycles. The standard InChI is InChI=1S/C13H14BrNS3/c1-8-4-12(11-2-3-16-13(11)18-8)15-6-10-5-9(14)7-17-10/h2-3,5,7-8,12,15H,4,6H2,1H3/t8-,12?/m0/s1. The number of hydrogen-bond acceptors (Lipinski definition) is 4. The average molecular weight is 360 g/mol. The molecule has 0 aliphatic carbocycles. The Bertz CT molecular complexity index is 534. The first-order valence-electron chi connectivity index (χ1n) is 5.92. The molecule has 1 nitrogen and oxygen atoms in total. The second-order valence-corrected chi connectivity index (χ2v) is 9.03. The maximum Gasteiger partial charge on any atom is 0.0649 e. The monoisotopic (exact) mass is 359 g/mol. The van der Waals surface area contributed by atoms with Crippen molar-refractivity contribution < 1.29 is 0 Å². The fourth-order valence-electron chi connectivity index (χ4n) is 2.21. The molecule has 0 radical (unpaired) electrons. The fourth-order valence-corrected chi connectivity index (χ4v) is 6.18. The lowest BCUT2D eigenvalue weighted by Crippen LogP contribution is -2.25. The molecule has 0 spiro atoms. The molecule has 0 fully saturated rings. The van der Waals surface area contributed by atoms with Gasteiger partial charge >= 0.3 is 0 Å². The summed E-state index contributed by atoms with van der Waals surface area (Å²) in [5, 5.41) is 8.78. The van der Waals surface area contributed by atoms with E-state index in [0.29, 0.717) is 11.3 Å². The van der Waals surface area contributed by atoms with Gasteiger partial charge in [-0.3, -0.25) is 0 Å². The summed E-state index contributed by atoms with van der Waals surface area (Å²) in [6.45, 7) is 3.29. The van der Waals surface area contributed by atoms with Crippen molar-refractivity contribution in [1.82, 2.24) is 5.32 Å². The van der Waals surface area contributed by atoms with Crippen LogP contribution < -0.4 is 5.32 Å². The zero-order valence-electron chi connectivity index (χ0n) is 9.98. The molecule has 2 aromatic rings. The molecular weight excluding hydrogens is 346 g/mol. The molecule has 0 aromatic carbocycles. The van der Waals surface area contributed by atoms with E-state index < -0.39 is 0 Å². The minimum atomic E-state index is 0.517. The van der Waals surface area contributed by atoms with E-state index in [1.807, 2.05) is 34.4 Å². The summed E-state index contributed by atoms with van der Waals surface area (Å²) < 4.78 is 2.69. The van der Waals surface area contributed by atoms with Crippen LogP contribution in [0.3, 0.4) is 0 Å². The molecule has 96 valence electrons. The van der Waals surface area contributed by atoms with Crippen LogP contribution in [0.1, 0.15) is 29.8 Å². The average Bonchev–Trinajstić information content (AvgIpc) is 2.94. The van der Waals surface area contributed by atoms with Gasteiger partial charge in [0.1, 0.15) is 0 Å². The zero-order chi connectivity index (χ0) is 12.5. The number of thiophene rings is 2. The van der Waals surface area contributed by atoms with Crippen LogP contribution in [0.2, 0.25) is 0 Å². The summed E-state index contributed by atoms with van der Waals surface area (Å²) in [6, 6.07) is 5.00. The normalized spacial score (nSPS) is 23.0. The minimum absolute atomic E-state index is 0.517. The molecular formula is C13H14BrNS3. The Morgan fingerprint density at radius 2 is 2.33 bits per heavy atom. The summed E-state index contributed by atoms with van der Waals surface area (Å²) in [6.07, 6.45) is 1.22. The van der Waals surface area contributed by atoms with E-state index in [0.717, 1.165) is 6.54 Å². The maximum atomic E-state index is 3.71. The molecule has 18 heavy (non-hydrogen) atoms. The van der Waals surface area contributed by atoms with Crippen molar-refractivity contribution in [2.45, 2.75) is 35.4 Å². The number of hydrogen-bond donors (Lipinski definition) is 1. The number of halogens is 1. The summed E-state index contributed by atoms with van der Waals surface area (Å²) in [7, 11) is 0. The lowest BCUT2D eigenvalue weighted by Gasteiger charge is -2.27. The van der Waals surface area contributed by atoms with Crippen LogP contribution >= 0.6 is 50.4 Å². The van der Waals surface area contributed by atoms with E-state index in [1.54, 1.807) is 0 Å². The van der Waals surface area contributed by atoms with E-state index in [9.17, 15) is 0 Å². The van der Waals surface area contributed by atoms with E-state index >= 15 is 0 Å². The highest BCUT2D eigenvalue weighted by Gasteiger charge is 2.25. The summed E-state index contributed by atoms with van der Waals surface area (Å²) in [4.78, 5) is 1.39. The smallest absolute Gasteiger partial charge is 0.0649 e. The van der Waals surface area contributed by atoms with Crippen LogP contribution in [-0.2, 0) is 6.54 Å². The van der Waals surface area contributed by atoms with Crippen molar-refractivity contribution in [1.29, 1.82) is 0 Å².